The fraction of sp³-hybridized carbons (Fsp3) is 0.241. The highest BCUT2D eigenvalue weighted by Crippen LogP contribution is 2.20. The van der Waals surface area contributed by atoms with Crippen LogP contribution >= 0.6 is 0 Å². The number of likely N-dealkylation sites (N-methyl/N-ethyl adjacent to an activating group) is 1. The van der Waals surface area contributed by atoms with E-state index in [2.05, 4.69) is 27.2 Å². The van der Waals surface area contributed by atoms with Gasteiger partial charge in [-0.3, -0.25) is 19.2 Å². The standard InChI is InChI=1S/C29H37F2N9O5/c1-18(30)7-6-8-19(31)15-16-39-26(34)25(27(41)40(29(39)43)23(32)13-14-24(33)44-4)22(17-38(2)3)35-20-9-11-21(12-10-20)36-28(42)37-45-5/h6-14H,1,15-17,32-34H2,2-5H3,(H2,36,37,42)/b7-6-,19-8+,23-13+,24-14+,35-22?. The second-order valence-corrected chi connectivity index (χ2v) is 9.47. The number of hydrogen-bond acceptors (Lipinski definition) is 10. The van der Waals surface area contributed by atoms with Crippen molar-refractivity contribution in [3.8, 4) is 0 Å². The summed E-state index contributed by atoms with van der Waals surface area (Å²) < 4.78 is 33.9. The number of nitrogens with one attached hydrogen (secondary N) is 2. The van der Waals surface area contributed by atoms with Crippen LogP contribution in [0.3, 0.4) is 0 Å². The van der Waals surface area contributed by atoms with Crippen LogP contribution in [-0.2, 0) is 16.1 Å². The smallest absolute Gasteiger partial charge is 0.343 e. The Morgan fingerprint density at radius 2 is 1.78 bits per heavy atom. The number of urea groups is 1. The van der Waals surface area contributed by atoms with Crippen LogP contribution in [0.25, 0.3) is 5.82 Å². The van der Waals surface area contributed by atoms with E-state index in [9.17, 15) is 23.2 Å². The van der Waals surface area contributed by atoms with Crippen molar-refractivity contribution < 1.29 is 23.1 Å². The Bertz CT molecular complexity index is 1650. The topological polar surface area (TPSA) is 197 Å². The maximum Gasteiger partial charge on any atom is 0.343 e. The molecule has 14 nitrogen and oxygen atoms in total. The van der Waals surface area contributed by atoms with Crippen LogP contribution in [0.1, 0.15) is 12.0 Å². The molecule has 2 rings (SSSR count). The first-order chi connectivity index (χ1) is 21.3. The van der Waals surface area contributed by atoms with Gasteiger partial charge < -0.3 is 32.2 Å². The van der Waals surface area contributed by atoms with Crippen LogP contribution in [0.5, 0.6) is 0 Å². The summed E-state index contributed by atoms with van der Waals surface area (Å²) in [5.41, 5.74) is 19.3. The minimum atomic E-state index is -0.950. The van der Waals surface area contributed by atoms with E-state index in [-0.39, 0.29) is 48.3 Å². The first kappa shape index (κ1) is 35.7. The van der Waals surface area contributed by atoms with E-state index < -0.39 is 28.9 Å². The van der Waals surface area contributed by atoms with Gasteiger partial charge in [0.1, 0.15) is 28.9 Å². The number of aliphatic imine (C=N–C) groups is 1. The summed E-state index contributed by atoms with van der Waals surface area (Å²) in [6, 6.07) is 5.70. The summed E-state index contributed by atoms with van der Waals surface area (Å²) >= 11 is 0. The molecule has 1 aromatic carbocycles. The quantitative estimate of drug-likeness (QED) is 0.0902. The van der Waals surface area contributed by atoms with Crippen molar-refractivity contribution in [2.45, 2.75) is 13.0 Å². The molecule has 1 aromatic heterocycles. The maximum atomic E-state index is 14.6. The zero-order chi connectivity index (χ0) is 33.7. The lowest BCUT2D eigenvalue weighted by Crippen LogP contribution is -2.46. The third-order valence-corrected chi connectivity index (χ3v) is 5.77. The largest absolute Gasteiger partial charge is 0.483 e. The van der Waals surface area contributed by atoms with E-state index in [1.165, 1.54) is 26.4 Å². The minimum Gasteiger partial charge on any atom is -0.483 e. The fourth-order valence-corrected chi connectivity index (χ4v) is 3.75. The molecule has 2 aromatic rings. The molecule has 0 saturated heterocycles. The predicted molar refractivity (Wildman–Crippen MR) is 171 cm³/mol. The Hall–Kier alpha value is -5.48. The third-order valence-electron chi connectivity index (χ3n) is 5.77. The highest BCUT2D eigenvalue weighted by Gasteiger charge is 2.23. The highest BCUT2D eigenvalue weighted by atomic mass is 19.1. The van der Waals surface area contributed by atoms with Crippen molar-refractivity contribution in [3.05, 3.63) is 105 Å². The molecule has 8 N–H and O–H groups in total. The van der Waals surface area contributed by atoms with Crippen LogP contribution in [0.2, 0.25) is 0 Å². The first-order valence-corrected chi connectivity index (χ1v) is 13.2. The number of nitrogen functional groups attached to an aromatic ring is 1. The van der Waals surface area contributed by atoms with Gasteiger partial charge in [0.25, 0.3) is 5.56 Å². The molecule has 16 heteroatoms. The molecule has 0 atom stereocenters. The molecule has 242 valence electrons. The Kier molecular flexibility index (Phi) is 13.5. The van der Waals surface area contributed by atoms with Gasteiger partial charge in [0.2, 0.25) is 0 Å². The average Bonchev–Trinajstić information content (AvgIpc) is 2.96. The van der Waals surface area contributed by atoms with Gasteiger partial charge in [0.15, 0.2) is 5.88 Å². The summed E-state index contributed by atoms with van der Waals surface area (Å²) in [5, 5.41) is 2.56. The monoisotopic (exact) mass is 629 g/mol. The number of allylic oxidation sites excluding steroid dienone is 7. The van der Waals surface area contributed by atoms with Crippen molar-refractivity contribution in [1.29, 1.82) is 0 Å². The number of rotatable bonds is 14. The SMILES string of the molecule is C=C(F)/C=C\C=C(\F)CCn1c(N)c(C(CN(C)C)=Nc2ccc(NC(=O)NOC)cc2)c(=O)n(/C(N)=C/C=C(\N)OC)c1=O. The van der Waals surface area contributed by atoms with E-state index >= 15 is 0 Å². The average molecular weight is 630 g/mol. The molecule has 0 aliphatic carbocycles. The predicted octanol–water partition coefficient (Wildman–Crippen LogP) is 2.44. The highest BCUT2D eigenvalue weighted by molar-refractivity contribution is 6.06. The Balaban J connectivity index is 2.78. The Morgan fingerprint density at radius 3 is 2.36 bits per heavy atom. The maximum absolute atomic E-state index is 14.6. The van der Waals surface area contributed by atoms with E-state index in [0.717, 1.165) is 22.8 Å². The fourth-order valence-electron chi connectivity index (χ4n) is 3.75. The lowest BCUT2D eigenvalue weighted by atomic mass is 10.1. The number of ether oxygens (including phenoxy) is 1. The number of hydroxylamine groups is 1. The van der Waals surface area contributed by atoms with Crippen LogP contribution in [0.15, 0.2) is 93.3 Å². The zero-order valence-electron chi connectivity index (χ0n) is 25.3. The number of anilines is 2. The van der Waals surface area contributed by atoms with Gasteiger partial charge in [0.05, 0.1) is 25.6 Å². The number of methoxy groups -OCH3 is 1. The summed E-state index contributed by atoms with van der Waals surface area (Å²) in [4.78, 5) is 50.1. The van der Waals surface area contributed by atoms with Gasteiger partial charge in [-0.25, -0.2) is 28.4 Å². The summed E-state index contributed by atoms with van der Waals surface area (Å²) in [6.07, 6.45) is 5.18. The number of benzene rings is 1. The molecule has 0 radical (unpaired) electrons. The van der Waals surface area contributed by atoms with Gasteiger partial charge in [-0.05, 0) is 56.6 Å². The molecule has 0 fully saturated rings. The number of carbonyl (C=O) groups excluding carboxylic acids is 1. The molecule has 0 spiro atoms. The molecular weight excluding hydrogens is 592 g/mol. The number of carbonyl (C=O) groups is 1. The van der Waals surface area contributed by atoms with Crippen molar-refractivity contribution in [2.75, 3.05) is 45.9 Å². The van der Waals surface area contributed by atoms with Crippen LogP contribution in [0.4, 0.5) is 30.8 Å². The van der Waals surface area contributed by atoms with E-state index in [4.69, 9.17) is 21.9 Å². The second kappa shape index (κ2) is 17.0. The van der Waals surface area contributed by atoms with Crippen molar-refractivity contribution in [3.63, 3.8) is 0 Å². The van der Waals surface area contributed by atoms with E-state index in [1.54, 1.807) is 43.3 Å². The molecule has 45 heavy (non-hydrogen) atoms. The molecule has 0 aliphatic rings. The number of aromatic nitrogens is 2. The Labute approximate surface area is 258 Å². The molecule has 2 amide bonds. The molecular formula is C29H37F2N9O5. The van der Waals surface area contributed by atoms with E-state index in [1.807, 2.05) is 0 Å². The summed E-state index contributed by atoms with van der Waals surface area (Å²) in [5.74, 6) is -2.12. The van der Waals surface area contributed by atoms with E-state index in [0.29, 0.717) is 15.9 Å². The number of nitrogens with zero attached hydrogens (tertiary/aromatic N) is 4. The molecule has 0 unspecified atom stereocenters. The number of hydrogen-bond donors (Lipinski definition) is 5. The molecule has 0 aliphatic heterocycles. The molecule has 0 saturated carbocycles. The minimum absolute atomic E-state index is 0.0503. The molecule has 0 bridgehead atoms. The van der Waals surface area contributed by atoms with Crippen LogP contribution in [0, 0.1) is 0 Å². The van der Waals surface area contributed by atoms with Gasteiger partial charge in [-0.1, -0.05) is 12.7 Å². The van der Waals surface area contributed by atoms with Gasteiger partial charge in [-0.15, -0.1) is 0 Å². The summed E-state index contributed by atoms with van der Waals surface area (Å²) in [6.45, 7) is 2.83. The third kappa shape index (κ3) is 10.6. The Morgan fingerprint density at radius 1 is 1.11 bits per heavy atom. The van der Waals surface area contributed by atoms with Crippen LogP contribution < -0.4 is 39.2 Å². The lowest BCUT2D eigenvalue weighted by Gasteiger charge is -2.19. The van der Waals surface area contributed by atoms with Crippen LogP contribution in [-0.4, -0.2) is 60.6 Å². The number of nitrogens with two attached hydrogens (primary N) is 3. The number of halogens is 2. The zero-order valence-corrected chi connectivity index (χ0v) is 25.3. The normalized spacial score (nSPS) is 13.0. The summed E-state index contributed by atoms with van der Waals surface area (Å²) in [7, 11) is 6.07. The van der Waals surface area contributed by atoms with Crippen molar-refractivity contribution in [2.24, 2.45) is 16.5 Å². The second-order valence-electron chi connectivity index (χ2n) is 9.47. The first-order valence-electron chi connectivity index (χ1n) is 13.2. The van der Waals surface area contributed by atoms with Crippen molar-refractivity contribution >= 4 is 34.8 Å². The van der Waals surface area contributed by atoms with Gasteiger partial charge >= 0.3 is 11.7 Å². The van der Waals surface area contributed by atoms with Crippen molar-refractivity contribution in [1.82, 2.24) is 19.5 Å². The van der Waals surface area contributed by atoms with Gasteiger partial charge in [0, 0.05) is 31.3 Å². The van der Waals surface area contributed by atoms with Gasteiger partial charge in [-0.2, -0.15) is 0 Å². The molecule has 1 heterocycles. The number of amides is 2. The lowest BCUT2D eigenvalue weighted by molar-refractivity contribution is 0.114.